The lowest BCUT2D eigenvalue weighted by Crippen LogP contribution is -2.53. The molecule has 3 saturated carbocycles. The largest absolute Gasteiger partial charge is 0.416 e. The second-order valence-electron chi connectivity index (χ2n) is 11.3. The maximum absolute atomic E-state index is 12.9. The number of alkyl halides is 3. The van der Waals surface area contributed by atoms with Crippen LogP contribution in [0.2, 0.25) is 0 Å². The number of aromatic nitrogens is 2. The van der Waals surface area contributed by atoms with Gasteiger partial charge in [-0.3, -0.25) is 9.48 Å². The summed E-state index contributed by atoms with van der Waals surface area (Å²) in [6, 6.07) is 5.36. The van der Waals surface area contributed by atoms with E-state index in [-0.39, 0.29) is 23.3 Å². The Kier molecular flexibility index (Phi) is 6.81. The highest BCUT2D eigenvalue weighted by Gasteiger charge is 2.46. The Morgan fingerprint density at radius 2 is 1.81 bits per heavy atom. The molecule has 0 saturated heterocycles. The molecule has 3 aliphatic rings. The summed E-state index contributed by atoms with van der Waals surface area (Å²) in [6.45, 7) is 1.82. The number of nitrogens with two attached hydrogens (primary N) is 1. The quantitative estimate of drug-likeness (QED) is 0.349. The Hall–Kier alpha value is -2.88. The first-order valence-electron chi connectivity index (χ1n) is 13.2. The zero-order chi connectivity index (χ0) is 26.4. The normalized spacial score (nSPS) is 25.7. The molecular weight excluding hydrogens is 481 g/mol. The van der Waals surface area contributed by atoms with Crippen LogP contribution < -0.4 is 16.4 Å². The van der Waals surface area contributed by atoms with Gasteiger partial charge in [0.2, 0.25) is 0 Å². The molecule has 10 heteroatoms. The van der Waals surface area contributed by atoms with Crippen molar-refractivity contribution in [1.29, 1.82) is 5.41 Å². The third-order valence-electron chi connectivity index (χ3n) is 8.68. The van der Waals surface area contributed by atoms with Gasteiger partial charge in [-0.15, -0.1) is 0 Å². The second-order valence-corrected chi connectivity index (χ2v) is 11.3. The summed E-state index contributed by atoms with van der Waals surface area (Å²) in [7, 11) is 0. The van der Waals surface area contributed by atoms with E-state index in [0.29, 0.717) is 28.9 Å². The maximum atomic E-state index is 12.9. The summed E-state index contributed by atoms with van der Waals surface area (Å²) < 4.78 is 40.4. The number of halogens is 3. The van der Waals surface area contributed by atoms with Crippen molar-refractivity contribution in [3.05, 3.63) is 41.6 Å². The molecule has 3 atom stereocenters. The Morgan fingerprint density at radius 3 is 2.41 bits per heavy atom. The van der Waals surface area contributed by atoms with E-state index in [1.165, 1.54) is 50.7 Å². The van der Waals surface area contributed by atoms with Crippen LogP contribution in [-0.2, 0) is 6.18 Å². The number of nitrogens with zero attached hydrogens (tertiary/aromatic N) is 2. The number of primary amides is 1. The summed E-state index contributed by atoms with van der Waals surface area (Å²) in [4.78, 5) is 12.2. The lowest BCUT2D eigenvalue weighted by molar-refractivity contribution is -0.137. The fourth-order valence-electron chi connectivity index (χ4n) is 6.77. The van der Waals surface area contributed by atoms with Crippen LogP contribution in [0.3, 0.4) is 0 Å². The number of nitrogens with one attached hydrogen (secondary N) is 3. The van der Waals surface area contributed by atoms with Gasteiger partial charge in [0.15, 0.2) is 5.82 Å². The SMILES string of the molecule is CC(=N)[C@@H]1C[C@@H](NC2CC3(CCCC3)C2)CC[C@H]1n1cc(C(N)=O)c(Nc2ccc(C(F)(F)F)cc2)n1. The summed E-state index contributed by atoms with van der Waals surface area (Å²) in [5.74, 6) is -0.513. The first-order valence-corrected chi connectivity index (χ1v) is 13.2. The van der Waals surface area contributed by atoms with Gasteiger partial charge >= 0.3 is 6.18 Å². The summed E-state index contributed by atoms with van der Waals surface area (Å²) in [5, 5.41) is 19.8. The average molecular weight is 517 g/mol. The molecule has 0 bridgehead atoms. The smallest absolute Gasteiger partial charge is 0.365 e. The zero-order valence-corrected chi connectivity index (χ0v) is 21.1. The van der Waals surface area contributed by atoms with Crippen LogP contribution in [0, 0.1) is 16.7 Å². The zero-order valence-electron chi connectivity index (χ0n) is 21.1. The highest BCUT2D eigenvalue weighted by atomic mass is 19.4. The van der Waals surface area contributed by atoms with E-state index >= 15 is 0 Å². The van der Waals surface area contributed by atoms with Crippen LogP contribution in [0.5, 0.6) is 0 Å². The van der Waals surface area contributed by atoms with Gasteiger partial charge in [-0.25, -0.2) is 0 Å². The predicted octanol–water partition coefficient (Wildman–Crippen LogP) is 5.81. The van der Waals surface area contributed by atoms with Gasteiger partial charge in [0.25, 0.3) is 5.91 Å². The predicted molar refractivity (Wildman–Crippen MR) is 136 cm³/mol. The van der Waals surface area contributed by atoms with E-state index in [0.717, 1.165) is 31.4 Å². The number of hydrogen-bond acceptors (Lipinski definition) is 5. The van der Waals surface area contributed by atoms with Gasteiger partial charge in [0, 0.05) is 35.6 Å². The van der Waals surface area contributed by atoms with Crippen LogP contribution in [-0.4, -0.2) is 33.5 Å². The van der Waals surface area contributed by atoms with Gasteiger partial charge < -0.3 is 21.8 Å². The molecule has 2 aromatic rings. The Labute approximate surface area is 214 Å². The maximum Gasteiger partial charge on any atom is 0.416 e. The van der Waals surface area contributed by atoms with E-state index in [4.69, 9.17) is 11.1 Å². The Balaban J connectivity index is 1.28. The molecule has 0 unspecified atom stereocenters. The standard InChI is InChI=1S/C27H35F3N6O/c1-16(31)21-12-19(33-20-13-26(14-20)10-2-3-11-26)8-9-23(21)36-15-22(24(32)37)25(35-36)34-18-6-4-17(5-7-18)27(28,29)30/h4-7,15,19-21,23,31,33H,2-3,8-14H2,1H3,(H2,32,37)(H,34,35)/t19-,21-,23+/m0/s1. The number of amides is 1. The molecule has 1 aromatic carbocycles. The number of benzene rings is 1. The fourth-order valence-corrected chi connectivity index (χ4v) is 6.77. The highest BCUT2D eigenvalue weighted by molar-refractivity contribution is 5.98. The lowest BCUT2D eigenvalue weighted by Gasteiger charge is -2.48. The Morgan fingerprint density at radius 1 is 1.14 bits per heavy atom. The summed E-state index contributed by atoms with van der Waals surface area (Å²) in [6.07, 6.45) is 7.73. The molecule has 0 radical (unpaired) electrons. The molecule has 37 heavy (non-hydrogen) atoms. The summed E-state index contributed by atoms with van der Waals surface area (Å²) in [5.41, 5.74) is 6.54. The minimum Gasteiger partial charge on any atom is -0.365 e. The monoisotopic (exact) mass is 516 g/mol. The van der Waals surface area contributed by atoms with Crippen molar-refractivity contribution in [3.8, 4) is 0 Å². The van der Waals surface area contributed by atoms with Crippen molar-refractivity contribution < 1.29 is 18.0 Å². The number of carbonyl (C=O) groups is 1. The van der Waals surface area contributed by atoms with E-state index < -0.39 is 17.6 Å². The van der Waals surface area contributed by atoms with E-state index in [2.05, 4.69) is 15.7 Å². The van der Waals surface area contributed by atoms with Crippen LogP contribution in [0.4, 0.5) is 24.7 Å². The van der Waals surface area contributed by atoms with Crippen molar-refractivity contribution in [2.45, 2.75) is 89.0 Å². The van der Waals surface area contributed by atoms with E-state index in [1.54, 1.807) is 10.9 Å². The van der Waals surface area contributed by atoms with Crippen molar-refractivity contribution in [1.82, 2.24) is 15.1 Å². The first-order chi connectivity index (χ1) is 17.5. The van der Waals surface area contributed by atoms with Gasteiger partial charge in [0.1, 0.15) is 5.56 Å². The lowest BCUT2D eigenvalue weighted by atomic mass is 9.64. The highest BCUT2D eigenvalue weighted by Crippen LogP contribution is 2.53. The molecule has 7 nitrogen and oxygen atoms in total. The topological polar surface area (TPSA) is 109 Å². The number of anilines is 2. The van der Waals surface area contributed by atoms with Gasteiger partial charge in [-0.2, -0.15) is 18.3 Å². The molecule has 3 fully saturated rings. The molecule has 1 aromatic heterocycles. The van der Waals surface area contributed by atoms with Crippen molar-refractivity contribution in [3.63, 3.8) is 0 Å². The number of carbonyl (C=O) groups excluding carboxylic acids is 1. The van der Waals surface area contributed by atoms with Crippen LogP contribution in [0.15, 0.2) is 30.5 Å². The molecule has 5 N–H and O–H groups in total. The van der Waals surface area contributed by atoms with Gasteiger partial charge in [-0.05, 0) is 81.5 Å². The molecule has 0 aliphatic heterocycles. The van der Waals surface area contributed by atoms with Crippen molar-refractivity contribution in [2.24, 2.45) is 17.1 Å². The minimum absolute atomic E-state index is 0.0358. The van der Waals surface area contributed by atoms with E-state index in [9.17, 15) is 18.0 Å². The van der Waals surface area contributed by atoms with Crippen molar-refractivity contribution >= 4 is 23.1 Å². The molecule has 200 valence electrons. The Bertz CT molecular complexity index is 1140. The average Bonchev–Trinajstić information content (AvgIpc) is 3.46. The van der Waals surface area contributed by atoms with Crippen molar-refractivity contribution in [2.75, 3.05) is 5.32 Å². The fraction of sp³-hybridized carbons (Fsp3) is 0.593. The number of rotatable bonds is 7. The molecule has 5 rings (SSSR count). The molecule has 1 heterocycles. The molecule has 3 aliphatic carbocycles. The molecule has 1 spiro atoms. The summed E-state index contributed by atoms with van der Waals surface area (Å²) >= 11 is 0. The van der Waals surface area contributed by atoms with E-state index in [1.807, 2.05) is 6.92 Å². The number of hydrogen-bond donors (Lipinski definition) is 4. The first kappa shape index (κ1) is 25.8. The van der Waals surface area contributed by atoms with Gasteiger partial charge in [-0.1, -0.05) is 12.8 Å². The third-order valence-corrected chi connectivity index (χ3v) is 8.68. The van der Waals surface area contributed by atoms with Crippen LogP contribution in [0.1, 0.15) is 86.7 Å². The minimum atomic E-state index is -4.43. The van der Waals surface area contributed by atoms with Crippen LogP contribution >= 0.6 is 0 Å². The molecular formula is C27H35F3N6O. The van der Waals surface area contributed by atoms with Crippen LogP contribution in [0.25, 0.3) is 0 Å². The second kappa shape index (κ2) is 9.78. The third kappa shape index (κ3) is 5.39. The molecule has 1 amide bonds. The van der Waals surface area contributed by atoms with Gasteiger partial charge in [0.05, 0.1) is 11.6 Å².